The molecular formula is C17H21NO4. The van der Waals surface area contributed by atoms with Crippen LogP contribution in [0, 0.1) is 0 Å². The third-order valence-corrected chi connectivity index (χ3v) is 5.22. The zero-order chi connectivity index (χ0) is 15.8. The largest absolute Gasteiger partial charge is 0.479 e. The van der Waals surface area contributed by atoms with Gasteiger partial charge in [-0.05, 0) is 18.4 Å². The van der Waals surface area contributed by atoms with Gasteiger partial charge in [-0.25, -0.2) is 4.79 Å². The molecular weight excluding hydrogens is 282 g/mol. The summed E-state index contributed by atoms with van der Waals surface area (Å²) in [6.07, 6.45) is 2.91. The van der Waals surface area contributed by atoms with Crippen LogP contribution in [-0.2, 0) is 15.0 Å². The number of piperidine rings is 1. The molecule has 2 N–H and O–H groups in total. The van der Waals surface area contributed by atoms with Crippen molar-refractivity contribution in [3.63, 3.8) is 0 Å². The Balaban J connectivity index is 1.76. The summed E-state index contributed by atoms with van der Waals surface area (Å²) in [6, 6.07) is 9.82. The Labute approximate surface area is 129 Å². The highest BCUT2D eigenvalue weighted by Gasteiger charge is 2.49. The van der Waals surface area contributed by atoms with Crippen molar-refractivity contribution in [3.8, 4) is 0 Å². The van der Waals surface area contributed by atoms with Gasteiger partial charge < -0.3 is 15.1 Å². The number of carboxylic acid groups (broad SMARTS) is 1. The third kappa shape index (κ3) is 2.29. The van der Waals surface area contributed by atoms with Crippen LogP contribution in [0.4, 0.5) is 0 Å². The standard InChI is InChI=1S/C17H21NO4/c19-14(18-11-9-17(22,10-12-18)15(20)21)16(7-4-8-16)13-5-2-1-3-6-13/h1-3,5-6,22H,4,7-12H2,(H,20,21). The average Bonchev–Trinajstić information content (AvgIpc) is 2.48. The van der Waals surface area contributed by atoms with Gasteiger partial charge in [0.2, 0.25) is 5.91 Å². The van der Waals surface area contributed by atoms with Gasteiger partial charge in [-0.2, -0.15) is 0 Å². The average molecular weight is 303 g/mol. The zero-order valence-electron chi connectivity index (χ0n) is 12.5. The van der Waals surface area contributed by atoms with Crippen LogP contribution in [0.15, 0.2) is 30.3 Å². The number of carboxylic acids is 1. The number of aliphatic hydroxyl groups is 1. The second-order valence-electron chi connectivity index (χ2n) is 6.43. The van der Waals surface area contributed by atoms with Gasteiger partial charge >= 0.3 is 5.97 Å². The molecule has 5 nitrogen and oxygen atoms in total. The predicted octanol–water partition coefficient (Wildman–Crippen LogP) is 1.55. The van der Waals surface area contributed by atoms with E-state index in [9.17, 15) is 14.7 Å². The van der Waals surface area contributed by atoms with Crippen LogP contribution in [0.2, 0.25) is 0 Å². The van der Waals surface area contributed by atoms with Crippen molar-refractivity contribution in [1.82, 2.24) is 4.90 Å². The number of amides is 1. The number of rotatable bonds is 3. The fourth-order valence-corrected chi connectivity index (χ4v) is 3.51. The smallest absolute Gasteiger partial charge is 0.335 e. The second-order valence-corrected chi connectivity index (χ2v) is 6.43. The predicted molar refractivity (Wildman–Crippen MR) is 80.4 cm³/mol. The van der Waals surface area contributed by atoms with E-state index in [1.165, 1.54) is 0 Å². The SMILES string of the molecule is O=C(O)C1(O)CCN(C(=O)C2(c3ccccc3)CCC2)CC1. The quantitative estimate of drug-likeness (QED) is 0.888. The molecule has 2 aliphatic rings. The van der Waals surface area contributed by atoms with Crippen molar-refractivity contribution >= 4 is 11.9 Å². The first-order valence-electron chi connectivity index (χ1n) is 7.79. The number of likely N-dealkylation sites (tertiary alicyclic amines) is 1. The lowest BCUT2D eigenvalue weighted by Crippen LogP contribution is -2.56. The number of hydrogen-bond donors (Lipinski definition) is 2. The van der Waals surface area contributed by atoms with Gasteiger partial charge in [0.25, 0.3) is 0 Å². The molecule has 1 aromatic rings. The fraction of sp³-hybridized carbons (Fsp3) is 0.529. The van der Waals surface area contributed by atoms with Crippen molar-refractivity contribution in [1.29, 1.82) is 0 Å². The molecule has 1 amide bonds. The Morgan fingerprint density at radius 3 is 2.05 bits per heavy atom. The van der Waals surface area contributed by atoms with Gasteiger partial charge in [0.1, 0.15) is 0 Å². The minimum absolute atomic E-state index is 0.0809. The Kier molecular flexibility index (Phi) is 3.68. The maximum Gasteiger partial charge on any atom is 0.335 e. The van der Waals surface area contributed by atoms with E-state index in [-0.39, 0.29) is 18.7 Å². The lowest BCUT2D eigenvalue weighted by atomic mass is 9.63. The Hall–Kier alpha value is -1.88. The number of benzene rings is 1. The molecule has 1 saturated carbocycles. The minimum Gasteiger partial charge on any atom is -0.479 e. The number of carbonyl (C=O) groups excluding carboxylic acids is 1. The Morgan fingerprint density at radius 2 is 1.59 bits per heavy atom. The first-order chi connectivity index (χ1) is 10.5. The number of aliphatic carboxylic acids is 1. The van der Waals surface area contributed by atoms with E-state index in [1.54, 1.807) is 4.90 Å². The molecule has 0 unspecified atom stereocenters. The first kappa shape index (κ1) is 15.0. The first-order valence-corrected chi connectivity index (χ1v) is 7.79. The van der Waals surface area contributed by atoms with Crippen LogP contribution in [0.1, 0.15) is 37.7 Å². The van der Waals surface area contributed by atoms with E-state index in [0.29, 0.717) is 13.1 Å². The normalized spacial score (nSPS) is 22.7. The van der Waals surface area contributed by atoms with Crippen molar-refractivity contribution in [2.75, 3.05) is 13.1 Å². The third-order valence-electron chi connectivity index (χ3n) is 5.22. The Morgan fingerprint density at radius 1 is 1.00 bits per heavy atom. The lowest BCUT2D eigenvalue weighted by Gasteiger charge is -2.46. The zero-order valence-corrected chi connectivity index (χ0v) is 12.5. The molecule has 1 aliphatic heterocycles. The maximum atomic E-state index is 13.0. The van der Waals surface area contributed by atoms with E-state index < -0.39 is 17.0 Å². The number of nitrogens with zero attached hydrogens (tertiary/aromatic N) is 1. The lowest BCUT2D eigenvalue weighted by molar-refractivity contribution is -0.166. The molecule has 1 aromatic carbocycles. The van der Waals surface area contributed by atoms with Crippen LogP contribution in [0.3, 0.4) is 0 Å². The maximum absolute atomic E-state index is 13.0. The summed E-state index contributed by atoms with van der Waals surface area (Å²) in [5.74, 6) is -1.11. The van der Waals surface area contributed by atoms with Crippen LogP contribution >= 0.6 is 0 Å². The molecule has 0 atom stereocenters. The van der Waals surface area contributed by atoms with E-state index >= 15 is 0 Å². The summed E-state index contributed by atoms with van der Waals surface area (Å²) in [6.45, 7) is 0.604. The van der Waals surface area contributed by atoms with Gasteiger partial charge in [0.15, 0.2) is 5.60 Å². The van der Waals surface area contributed by atoms with E-state index in [4.69, 9.17) is 5.11 Å². The molecule has 5 heteroatoms. The number of carbonyl (C=O) groups is 2. The van der Waals surface area contributed by atoms with Crippen molar-refractivity contribution in [3.05, 3.63) is 35.9 Å². The van der Waals surface area contributed by atoms with Gasteiger partial charge in [0.05, 0.1) is 5.41 Å². The van der Waals surface area contributed by atoms with Crippen molar-refractivity contribution < 1.29 is 19.8 Å². The number of hydrogen-bond acceptors (Lipinski definition) is 3. The molecule has 0 spiro atoms. The minimum atomic E-state index is -1.68. The van der Waals surface area contributed by atoms with E-state index in [1.807, 2.05) is 30.3 Å². The summed E-state index contributed by atoms with van der Waals surface area (Å²) < 4.78 is 0. The summed E-state index contributed by atoms with van der Waals surface area (Å²) in [7, 11) is 0. The summed E-state index contributed by atoms with van der Waals surface area (Å²) in [5, 5.41) is 19.1. The van der Waals surface area contributed by atoms with Gasteiger partial charge in [-0.15, -0.1) is 0 Å². The molecule has 22 heavy (non-hydrogen) atoms. The topological polar surface area (TPSA) is 77.8 Å². The Bertz CT molecular complexity index is 572. The highest BCUT2D eigenvalue weighted by atomic mass is 16.4. The summed E-state index contributed by atoms with van der Waals surface area (Å²) in [4.78, 5) is 25.8. The molecule has 1 saturated heterocycles. The van der Waals surface area contributed by atoms with E-state index in [0.717, 1.165) is 24.8 Å². The molecule has 0 aromatic heterocycles. The molecule has 1 aliphatic carbocycles. The molecule has 2 fully saturated rings. The monoisotopic (exact) mass is 303 g/mol. The van der Waals surface area contributed by atoms with Gasteiger partial charge in [-0.3, -0.25) is 4.79 Å². The van der Waals surface area contributed by atoms with E-state index in [2.05, 4.69) is 0 Å². The molecule has 118 valence electrons. The molecule has 3 rings (SSSR count). The van der Waals surface area contributed by atoms with Crippen LogP contribution in [0.5, 0.6) is 0 Å². The van der Waals surface area contributed by atoms with Crippen molar-refractivity contribution in [2.45, 2.75) is 43.1 Å². The van der Waals surface area contributed by atoms with Crippen LogP contribution in [-0.4, -0.2) is 45.7 Å². The van der Waals surface area contributed by atoms with Crippen molar-refractivity contribution in [2.24, 2.45) is 0 Å². The molecule has 0 radical (unpaired) electrons. The van der Waals surface area contributed by atoms with Crippen LogP contribution < -0.4 is 0 Å². The fourth-order valence-electron chi connectivity index (χ4n) is 3.51. The summed E-state index contributed by atoms with van der Waals surface area (Å²) in [5.41, 5.74) is -1.08. The molecule has 1 heterocycles. The van der Waals surface area contributed by atoms with Crippen LogP contribution in [0.25, 0.3) is 0 Å². The van der Waals surface area contributed by atoms with Gasteiger partial charge in [0, 0.05) is 25.9 Å². The van der Waals surface area contributed by atoms with Gasteiger partial charge in [-0.1, -0.05) is 36.8 Å². The highest BCUT2D eigenvalue weighted by molar-refractivity contribution is 5.89. The highest BCUT2D eigenvalue weighted by Crippen LogP contribution is 2.45. The summed E-state index contributed by atoms with van der Waals surface area (Å²) >= 11 is 0. The second kappa shape index (κ2) is 5.39. The molecule has 0 bridgehead atoms.